The summed E-state index contributed by atoms with van der Waals surface area (Å²) in [6.07, 6.45) is 2.66. The van der Waals surface area contributed by atoms with Crippen molar-refractivity contribution < 1.29 is 23.9 Å². The van der Waals surface area contributed by atoms with Gasteiger partial charge >= 0.3 is 5.97 Å². The maximum atomic E-state index is 12.5. The molecule has 0 radical (unpaired) electrons. The van der Waals surface area contributed by atoms with Gasteiger partial charge in [-0.3, -0.25) is 19.3 Å². The number of hydrogen-bond acceptors (Lipinski definition) is 5. The first-order chi connectivity index (χ1) is 13.9. The monoisotopic (exact) mass is 394 g/mol. The molecule has 1 aromatic heterocycles. The van der Waals surface area contributed by atoms with Crippen LogP contribution in [0.5, 0.6) is 0 Å². The number of nitrogens with zero attached hydrogens (tertiary/aromatic N) is 2. The minimum Gasteiger partial charge on any atom is -0.454 e. The molecular formula is C22H22N2O5. The number of rotatable bonds is 6. The zero-order valence-corrected chi connectivity index (χ0v) is 16.4. The second-order valence-corrected chi connectivity index (χ2v) is 7.56. The Morgan fingerprint density at radius 2 is 1.66 bits per heavy atom. The molecule has 7 heteroatoms. The van der Waals surface area contributed by atoms with Gasteiger partial charge in [-0.05, 0) is 57.0 Å². The van der Waals surface area contributed by atoms with E-state index in [-0.39, 0.29) is 42.6 Å². The van der Waals surface area contributed by atoms with Crippen LogP contribution in [0.1, 0.15) is 63.8 Å². The summed E-state index contributed by atoms with van der Waals surface area (Å²) in [7, 11) is 0. The van der Waals surface area contributed by atoms with Crippen LogP contribution >= 0.6 is 0 Å². The highest BCUT2D eigenvalue weighted by molar-refractivity contribution is 6.19. The fourth-order valence-corrected chi connectivity index (χ4v) is 3.86. The van der Waals surface area contributed by atoms with E-state index >= 15 is 0 Å². The summed E-state index contributed by atoms with van der Waals surface area (Å²) in [6.45, 7) is 3.56. The number of amides is 2. The van der Waals surface area contributed by atoms with Gasteiger partial charge in [-0.25, -0.2) is 4.79 Å². The van der Waals surface area contributed by atoms with Crippen LogP contribution in [0.25, 0.3) is 0 Å². The molecule has 7 nitrogen and oxygen atoms in total. The lowest BCUT2D eigenvalue weighted by Gasteiger charge is -2.14. The number of aryl methyl sites for hydroxylation is 1. The zero-order valence-electron chi connectivity index (χ0n) is 16.4. The van der Waals surface area contributed by atoms with E-state index in [1.807, 2.05) is 19.9 Å². The highest BCUT2D eigenvalue weighted by atomic mass is 16.5. The van der Waals surface area contributed by atoms with Crippen molar-refractivity contribution in [2.24, 2.45) is 0 Å². The van der Waals surface area contributed by atoms with E-state index in [1.165, 1.54) is 24.3 Å². The number of Topliss-reactive ketones (excluding diaryl/α,β-unsaturated/α-hetero) is 1. The number of aromatic nitrogens is 1. The maximum absolute atomic E-state index is 12.5. The minimum atomic E-state index is -0.625. The second kappa shape index (κ2) is 7.31. The number of benzene rings is 1. The van der Waals surface area contributed by atoms with E-state index in [9.17, 15) is 19.2 Å². The van der Waals surface area contributed by atoms with Crippen molar-refractivity contribution in [3.05, 3.63) is 52.8 Å². The Bertz CT molecular complexity index is 999. The van der Waals surface area contributed by atoms with Crippen molar-refractivity contribution in [2.75, 3.05) is 11.5 Å². The van der Waals surface area contributed by atoms with E-state index in [0.29, 0.717) is 17.3 Å². The molecule has 2 aromatic rings. The molecule has 0 unspecified atom stereocenters. The number of carbonyl (C=O) groups is 4. The molecule has 1 saturated heterocycles. The van der Waals surface area contributed by atoms with Gasteiger partial charge in [-0.1, -0.05) is 0 Å². The van der Waals surface area contributed by atoms with Crippen molar-refractivity contribution in [1.82, 2.24) is 4.57 Å². The first-order valence-corrected chi connectivity index (χ1v) is 9.71. The van der Waals surface area contributed by atoms with Gasteiger partial charge in [0, 0.05) is 35.8 Å². The van der Waals surface area contributed by atoms with Crippen molar-refractivity contribution in [2.45, 2.75) is 45.6 Å². The molecule has 4 rings (SSSR count). The lowest BCUT2D eigenvalue weighted by atomic mass is 10.1. The lowest BCUT2D eigenvalue weighted by molar-refractivity contribution is -0.121. The standard InChI is InChI=1S/C22H22N2O5/c1-13-11-18(14(2)23(13)16-7-8-16)19(25)12-29-22(28)15-3-5-17(6-4-15)24-20(26)9-10-21(24)27/h3-6,11,16H,7-10,12H2,1-2H3. The first-order valence-electron chi connectivity index (χ1n) is 9.71. The molecular weight excluding hydrogens is 372 g/mol. The van der Waals surface area contributed by atoms with E-state index in [0.717, 1.165) is 29.1 Å². The molecule has 150 valence electrons. The minimum absolute atomic E-state index is 0.200. The maximum Gasteiger partial charge on any atom is 0.338 e. The van der Waals surface area contributed by atoms with Gasteiger partial charge in [0.15, 0.2) is 6.61 Å². The van der Waals surface area contributed by atoms with Crippen molar-refractivity contribution in [1.29, 1.82) is 0 Å². The van der Waals surface area contributed by atoms with Gasteiger partial charge in [-0.15, -0.1) is 0 Å². The molecule has 0 spiro atoms. The third kappa shape index (κ3) is 3.60. The topological polar surface area (TPSA) is 85.7 Å². The van der Waals surface area contributed by atoms with Crippen molar-refractivity contribution in [3.63, 3.8) is 0 Å². The second-order valence-electron chi connectivity index (χ2n) is 7.56. The average molecular weight is 394 g/mol. The molecule has 2 amide bonds. The predicted molar refractivity (Wildman–Crippen MR) is 105 cm³/mol. The van der Waals surface area contributed by atoms with Gasteiger partial charge < -0.3 is 9.30 Å². The van der Waals surface area contributed by atoms with Gasteiger partial charge in [0.2, 0.25) is 17.6 Å². The fourth-order valence-electron chi connectivity index (χ4n) is 3.86. The predicted octanol–water partition coefficient (Wildman–Crippen LogP) is 3.13. The van der Waals surface area contributed by atoms with E-state index in [4.69, 9.17) is 4.74 Å². The summed E-state index contributed by atoms with van der Waals surface area (Å²) < 4.78 is 7.36. The third-order valence-electron chi connectivity index (χ3n) is 5.44. The van der Waals surface area contributed by atoms with Gasteiger partial charge in [-0.2, -0.15) is 0 Å². The Kier molecular flexibility index (Phi) is 4.82. The van der Waals surface area contributed by atoms with Crippen molar-refractivity contribution in [3.8, 4) is 0 Å². The summed E-state index contributed by atoms with van der Waals surface area (Å²) in [5.74, 6) is -1.36. The van der Waals surface area contributed by atoms with Crippen LogP contribution in [0.15, 0.2) is 30.3 Å². The summed E-state index contributed by atoms with van der Waals surface area (Å²) in [4.78, 5) is 49.5. The summed E-state index contributed by atoms with van der Waals surface area (Å²) in [5.41, 5.74) is 3.22. The molecule has 2 aliphatic rings. The highest BCUT2D eigenvalue weighted by Gasteiger charge is 2.30. The smallest absolute Gasteiger partial charge is 0.338 e. The fraction of sp³-hybridized carbons (Fsp3) is 0.364. The number of ketones is 1. The molecule has 0 N–H and O–H groups in total. The molecule has 0 bridgehead atoms. The summed E-state index contributed by atoms with van der Waals surface area (Å²) in [6, 6.07) is 8.36. The van der Waals surface area contributed by atoms with Crippen LogP contribution in [-0.2, 0) is 14.3 Å². The molecule has 1 aromatic carbocycles. The SMILES string of the molecule is Cc1cc(C(=O)COC(=O)c2ccc(N3C(=O)CCC3=O)cc2)c(C)n1C1CC1. The Hall–Kier alpha value is -3.22. The van der Waals surface area contributed by atoms with Crippen LogP contribution in [0, 0.1) is 13.8 Å². The van der Waals surface area contributed by atoms with Gasteiger partial charge in [0.05, 0.1) is 11.3 Å². The van der Waals surface area contributed by atoms with Crippen molar-refractivity contribution >= 4 is 29.3 Å². The normalized spacial score (nSPS) is 16.4. The molecule has 29 heavy (non-hydrogen) atoms. The third-order valence-corrected chi connectivity index (χ3v) is 5.44. The Labute approximate surface area is 168 Å². The largest absolute Gasteiger partial charge is 0.454 e. The Morgan fingerprint density at radius 3 is 2.24 bits per heavy atom. The molecule has 0 atom stereocenters. The Morgan fingerprint density at radius 1 is 1.03 bits per heavy atom. The molecule has 1 aliphatic carbocycles. The number of ether oxygens (including phenoxy) is 1. The van der Waals surface area contributed by atoms with Gasteiger partial charge in [0.1, 0.15) is 0 Å². The Balaban J connectivity index is 1.40. The zero-order chi connectivity index (χ0) is 20.7. The number of hydrogen-bond donors (Lipinski definition) is 0. The van der Waals surface area contributed by atoms with Crippen LogP contribution in [0.3, 0.4) is 0 Å². The molecule has 2 fully saturated rings. The molecule has 2 heterocycles. The number of esters is 1. The van der Waals surface area contributed by atoms with Crippen LogP contribution < -0.4 is 4.90 Å². The van der Waals surface area contributed by atoms with E-state index in [2.05, 4.69) is 4.57 Å². The first kappa shape index (κ1) is 19.1. The number of imide groups is 1. The van der Waals surface area contributed by atoms with Crippen LogP contribution in [0.2, 0.25) is 0 Å². The summed E-state index contributed by atoms with van der Waals surface area (Å²) >= 11 is 0. The highest BCUT2D eigenvalue weighted by Crippen LogP contribution is 2.38. The van der Waals surface area contributed by atoms with Crippen LogP contribution in [0.4, 0.5) is 5.69 Å². The van der Waals surface area contributed by atoms with E-state index in [1.54, 1.807) is 0 Å². The molecule has 1 saturated carbocycles. The summed E-state index contributed by atoms with van der Waals surface area (Å²) in [5, 5.41) is 0. The number of anilines is 1. The van der Waals surface area contributed by atoms with Gasteiger partial charge in [0.25, 0.3) is 0 Å². The number of carbonyl (C=O) groups excluding carboxylic acids is 4. The lowest BCUT2D eigenvalue weighted by Crippen LogP contribution is -2.28. The quantitative estimate of drug-likeness (QED) is 0.427. The molecule has 1 aliphatic heterocycles. The average Bonchev–Trinajstić information content (AvgIpc) is 3.41. The van der Waals surface area contributed by atoms with Crippen LogP contribution in [-0.4, -0.2) is 34.7 Å². The van der Waals surface area contributed by atoms with E-state index < -0.39 is 5.97 Å².